The fraction of sp³-hybridized carbons (Fsp3) is 0.182. The van der Waals surface area contributed by atoms with Crippen molar-refractivity contribution in [3.63, 3.8) is 0 Å². The molecular weight excluding hydrogens is 256 g/mol. The second-order valence-corrected chi connectivity index (χ2v) is 4.36. The highest BCUT2D eigenvalue weighted by Crippen LogP contribution is 2.27. The molecule has 3 nitrogen and oxygen atoms in total. The van der Waals surface area contributed by atoms with Crippen LogP contribution in [-0.2, 0) is 11.8 Å². The number of hydrogen-bond donors (Lipinski definition) is 1. The maximum atomic E-state index is 10.9. The van der Waals surface area contributed by atoms with Crippen LogP contribution in [0.1, 0.15) is 6.92 Å². The lowest BCUT2D eigenvalue weighted by molar-refractivity contribution is -0.114. The van der Waals surface area contributed by atoms with Crippen molar-refractivity contribution in [2.24, 2.45) is 7.05 Å². The topological polar surface area (TPSA) is 34.0 Å². The summed E-state index contributed by atoms with van der Waals surface area (Å²) in [4.78, 5) is 10.9. The molecule has 1 heterocycles. The van der Waals surface area contributed by atoms with E-state index in [1.165, 1.54) is 6.92 Å². The van der Waals surface area contributed by atoms with Gasteiger partial charge in [-0.1, -0.05) is 0 Å². The van der Waals surface area contributed by atoms with Gasteiger partial charge < -0.3 is 9.88 Å². The molecule has 0 aliphatic carbocycles. The van der Waals surface area contributed by atoms with E-state index >= 15 is 0 Å². The molecule has 2 aromatic rings. The zero-order chi connectivity index (χ0) is 11.0. The molecule has 0 saturated carbocycles. The molecule has 1 amide bonds. The van der Waals surface area contributed by atoms with Gasteiger partial charge in [0, 0.05) is 41.2 Å². The van der Waals surface area contributed by atoms with Gasteiger partial charge in [-0.05, 0) is 34.1 Å². The van der Waals surface area contributed by atoms with Crippen LogP contribution in [0.15, 0.2) is 28.9 Å². The number of fused-ring (bicyclic) bond motifs is 1. The van der Waals surface area contributed by atoms with Gasteiger partial charge in [0.2, 0.25) is 5.91 Å². The van der Waals surface area contributed by atoms with Gasteiger partial charge >= 0.3 is 0 Å². The van der Waals surface area contributed by atoms with Gasteiger partial charge in [0.15, 0.2) is 0 Å². The molecule has 1 aromatic carbocycles. The third-order valence-electron chi connectivity index (χ3n) is 2.26. The SMILES string of the molecule is CC(=O)Nc1ccc2c(c1)c(Br)cn2C. The first-order valence-corrected chi connectivity index (χ1v) is 5.39. The van der Waals surface area contributed by atoms with Crippen molar-refractivity contribution in [1.29, 1.82) is 0 Å². The predicted octanol–water partition coefficient (Wildman–Crippen LogP) is 2.90. The van der Waals surface area contributed by atoms with Crippen molar-refractivity contribution in [1.82, 2.24) is 4.57 Å². The Labute approximate surface area is 96.2 Å². The standard InChI is InChI=1S/C11H11BrN2O/c1-7(15)13-8-3-4-11-9(5-8)10(12)6-14(11)2/h3-6H,1-2H3,(H,13,15). The quantitative estimate of drug-likeness (QED) is 0.846. The summed E-state index contributed by atoms with van der Waals surface area (Å²) in [6.45, 7) is 1.50. The first-order valence-electron chi connectivity index (χ1n) is 4.60. The largest absolute Gasteiger partial charge is 0.349 e. The first kappa shape index (κ1) is 10.2. The van der Waals surface area contributed by atoms with E-state index in [1.807, 2.05) is 36.0 Å². The van der Waals surface area contributed by atoms with E-state index in [-0.39, 0.29) is 5.91 Å². The second-order valence-electron chi connectivity index (χ2n) is 3.50. The highest BCUT2D eigenvalue weighted by Gasteiger charge is 2.05. The van der Waals surface area contributed by atoms with Crippen LogP contribution in [0.25, 0.3) is 10.9 Å². The molecule has 1 aromatic heterocycles. The molecule has 2 rings (SSSR count). The lowest BCUT2D eigenvalue weighted by Crippen LogP contribution is -2.05. The van der Waals surface area contributed by atoms with Crippen molar-refractivity contribution < 1.29 is 4.79 Å². The fourth-order valence-electron chi connectivity index (χ4n) is 1.63. The Bertz CT molecular complexity index is 531. The third-order valence-corrected chi connectivity index (χ3v) is 2.89. The van der Waals surface area contributed by atoms with Crippen LogP contribution < -0.4 is 5.32 Å². The highest BCUT2D eigenvalue weighted by molar-refractivity contribution is 9.10. The van der Waals surface area contributed by atoms with Crippen LogP contribution in [-0.4, -0.2) is 10.5 Å². The van der Waals surface area contributed by atoms with Crippen LogP contribution in [0.2, 0.25) is 0 Å². The molecule has 15 heavy (non-hydrogen) atoms. The average Bonchev–Trinajstić information content (AvgIpc) is 2.41. The Morgan fingerprint density at radius 2 is 2.20 bits per heavy atom. The summed E-state index contributed by atoms with van der Waals surface area (Å²) >= 11 is 3.48. The highest BCUT2D eigenvalue weighted by atomic mass is 79.9. The monoisotopic (exact) mass is 266 g/mol. The first-order chi connectivity index (χ1) is 7.08. The number of amides is 1. The molecule has 78 valence electrons. The lowest BCUT2D eigenvalue weighted by Gasteiger charge is -2.02. The molecule has 0 fully saturated rings. The molecule has 1 N–H and O–H groups in total. The number of benzene rings is 1. The van der Waals surface area contributed by atoms with E-state index in [4.69, 9.17) is 0 Å². The number of aromatic nitrogens is 1. The molecule has 0 aliphatic heterocycles. The van der Waals surface area contributed by atoms with E-state index in [9.17, 15) is 4.79 Å². The zero-order valence-electron chi connectivity index (χ0n) is 8.54. The molecule has 0 spiro atoms. The van der Waals surface area contributed by atoms with Gasteiger partial charge in [-0.2, -0.15) is 0 Å². The molecule has 0 bridgehead atoms. The van der Waals surface area contributed by atoms with E-state index in [0.717, 1.165) is 21.1 Å². The van der Waals surface area contributed by atoms with Gasteiger partial charge in [-0.3, -0.25) is 4.79 Å². The van der Waals surface area contributed by atoms with Crippen molar-refractivity contribution >= 4 is 38.4 Å². The fourth-order valence-corrected chi connectivity index (χ4v) is 2.25. The number of aryl methyl sites for hydroxylation is 1. The summed E-state index contributed by atoms with van der Waals surface area (Å²) in [7, 11) is 1.99. The van der Waals surface area contributed by atoms with E-state index in [1.54, 1.807) is 0 Å². The van der Waals surface area contributed by atoms with Gasteiger partial charge in [-0.25, -0.2) is 0 Å². The Morgan fingerprint density at radius 1 is 1.47 bits per heavy atom. The van der Waals surface area contributed by atoms with E-state index in [2.05, 4.69) is 21.2 Å². The summed E-state index contributed by atoms with van der Waals surface area (Å²) in [6, 6.07) is 5.85. The molecule has 4 heteroatoms. The van der Waals surface area contributed by atoms with Gasteiger partial charge in [0.25, 0.3) is 0 Å². The number of carbonyl (C=O) groups is 1. The van der Waals surface area contributed by atoms with E-state index in [0.29, 0.717) is 0 Å². The second kappa shape index (κ2) is 3.70. The maximum Gasteiger partial charge on any atom is 0.221 e. The van der Waals surface area contributed by atoms with Crippen LogP contribution in [0.5, 0.6) is 0 Å². The van der Waals surface area contributed by atoms with Crippen LogP contribution >= 0.6 is 15.9 Å². The minimum Gasteiger partial charge on any atom is -0.349 e. The van der Waals surface area contributed by atoms with Crippen molar-refractivity contribution in [2.45, 2.75) is 6.92 Å². The third kappa shape index (κ3) is 1.90. The number of hydrogen-bond acceptors (Lipinski definition) is 1. The summed E-state index contributed by atoms with van der Waals surface area (Å²) < 4.78 is 3.07. The molecular formula is C11H11BrN2O. The molecule has 0 aliphatic rings. The predicted molar refractivity (Wildman–Crippen MR) is 64.9 cm³/mol. The van der Waals surface area contributed by atoms with E-state index < -0.39 is 0 Å². The van der Waals surface area contributed by atoms with Crippen LogP contribution in [0.3, 0.4) is 0 Å². The Kier molecular flexibility index (Phi) is 2.52. The van der Waals surface area contributed by atoms with Gasteiger partial charge in [-0.15, -0.1) is 0 Å². The number of anilines is 1. The molecule has 0 unspecified atom stereocenters. The number of halogens is 1. The minimum atomic E-state index is -0.0543. The number of rotatable bonds is 1. The number of nitrogens with zero attached hydrogens (tertiary/aromatic N) is 1. The van der Waals surface area contributed by atoms with Crippen LogP contribution in [0, 0.1) is 0 Å². The smallest absolute Gasteiger partial charge is 0.221 e. The van der Waals surface area contributed by atoms with Crippen molar-refractivity contribution in [3.05, 3.63) is 28.9 Å². The number of carbonyl (C=O) groups excluding carboxylic acids is 1. The Hall–Kier alpha value is -1.29. The summed E-state index contributed by atoms with van der Waals surface area (Å²) in [6.07, 6.45) is 2.00. The van der Waals surface area contributed by atoms with Gasteiger partial charge in [0.1, 0.15) is 0 Å². The lowest BCUT2D eigenvalue weighted by atomic mass is 10.2. The van der Waals surface area contributed by atoms with Crippen molar-refractivity contribution in [3.8, 4) is 0 Å². The summed E-state index contributed by atoms with van der Waals surface area (Å²) in [5.74, 6) is -0.0543. The maximum absolute atomic E-state index is 10.9. The minimum absolute atomic E-state index is 0.0543. The molecule has 0 saturated heterocycles. The van der Waals surface area contributed by atoms with Crippen molar-refractivity contribution in [2.75, 3.05) is 5.32 Å². The summed E-state index contributed by atoms with van der Waals surface area (Å²) in [5, 5.41) is 3.87. The van der Waals surface area contributed by atoms with Gasteiger partial charge in [0.05, 0.1) is 0 Å². The average molecular weight is 267 g/mol. The molecule has 0 atom stereocenters. The summed E-state index contributed by atoms with van der Waals surface area (Å²) in [5.41, 5.74) is 1.96. The Morgan fingerprint density at radius 3 is 2.87 bits per heavy atom. The normalized spacial score (nSPS) is 10.6. The zero-order valence-corrected chi connectivity index (χ0v) is 10.1. The molecule has 0 radical (unpaired) electrons. The Balaban J connectivity index is 2.55. The number of nitrogens with one attached hydrogen (secondary N) is 1. The van der Waals surface area contributed by atoms with Crippen LogP contribution in [0.4, 0.5) is 5.69 Å².